The van der Waals surface area contributed by atoms with Gasteiger partial charge in [-0.3, -0.25) is 4.79 Å². The second-order valence-electron chi connectivity index (χ2n) is 6.46. The highest BCUT2D eigenvalue weighted by Crippen LogP contribution is 2.27. The number of anilines is 1. The predicted octanol–water partition coefficient (Wildman–Crippen LogP) is 3.24. The number of benzene rings is 1. The van der Waals surface area contributed by atoms with Crippen molar-refractivity contribution >= 4 is 11.8 Å². The van der Waals surface area contributed by atoms with Crippen molar-refractivity contribution in [2.45, 2.75) is 12.8 Å². The van der Waals surface area contributed by atoms with Gasteiger partial charge in [0, 0.05) is 30.4 Å². The minimum Gasteiger partial charge on any atom is -0.481 e. The predicted molar refractivity (Wildman–Crippen MR) is 95.5 cm³/mol. The maximum Gasteiger partial charge on any atom is 0.308 e. The lowest BCUT2D eigenvalue weighted by atomic mass is 9.98. The number of carbonyl (C=O) groups is 1. The summed E-state index contributed by atoms with van der Waals surface area (Å²) in [5, 5.41) is 13.2. The summed E-state index contributed by atoms with van der Waals surface area (Å²) in [5.74, 6) is -0.131. The summed E-state index contributed by atoms with van der Waals surface area (Å²) in [6.45, 7) is 1.18. The SMILES string of the molecule is O=C(O)C1CCCN(c2cc(-c3nc(-c4ccc(F)cc4)no3)ccn2)C1. The lowest BCUT2D eigenvalue weighted by molar-refractivity contribution is -0.141. The number of pyridine rings is 1. The van der Waals surface area contributed by atoms with Gasteiger partial charge in [0.05, 0.1) is 5.92 Å². The van der Waals surface area contributed by atoms with Crippen LogP contribution in [0, 0.1) is 11.7 Å². The molecule has 1 aliphatic heterocycles. The largest absolute Gasteiger partial charge is 0.481 e. The maximum atomic E-state index is 13.1. The zero-order valence-electron chi connectivity index (χ0n) is 14.4. The molecule has 8 heteroatoms. The Morgan fingerprint density at radius 1 is 1.22 bits per heavy atom. The van der Waals surface area contributed by atoms with Gasteiger partial charge in [0.1, 0.15) is 11.6 Å². The van der Waals surface area contributed by atoms with Gasteiger partial charge in [-0.1, -0.05) is 5.16 Å². The van der Waals surface area contributed by atoms with Crippen molar-refractivity contribution in [2.75, 3.05) is 18.0 Å². The molecule has 0 saturated carbocycles. The van der Waals surface area contributed by atoms with E-state index in [1.165, 1.54) is 12.1 Å². The maximum absolute atomic E-state index is 13.1. The number of aliphatic carboxylic acids is 1. The van der Waals surface area contributed by atoms with Crippen LogP contribution in [0.5, 0.6) is 0 Å². The van der Waals surface area contributed by atoms with Crippen LogP contribution in [-0.4, -0.2) is 39.3 Å². The number of rotatable bonds is 4. The summed E-state index contributed by atoms with van der Waals surface area (Å²) in [7, 11) is 0. The van der Waals surface area contributed by atoms with E-state index in [1.807, 2.05) is 11.0 Å². The fourth-order valence-electron chi connectivity index (χ4n) is 3.17. The summed E-state index contributed by atoms with van der Waals surface area (Å²) in [6.07, 6.45) is 3.12. The molecule has 0 bridgehead atoms. The molecule has 1 saturated heterocycles. The van der Waals surface area contributed by atoms with E-state index in [0.29, 0.717) is 41.6 Å². The van der Waals surface area contributed by atoms with Crippen LogP contribution in [0.25, 0.3) is 22.8 Å². The van der Waals surface area contributed by atoms with Crippen LogP contribution >= 0.6 is 0 Å². The number of piperidine rings is 1. The van der Waals surface area contributed by atoms with E-state index in [9.17, 15) is 14.3 Å². The third-order valence-electron chi connectivity index (χ3n) is 4.62. The highest BCUT2D eigenvalue weighted by atomic mass is 19.1. The van der Waals surface area contributed by atoms with Crippen LogP contribution in [0.2, 0.25) is 0 Å². The Balaban J connectivity index is 1.58. The molecule has 1 fully saturated rings. The van der Waals surface area contributed by atoms with Crippen molar-refractivity contribution in [3.05, 3.63) is 48.4 Å². The summed E-state index contributed by atoms with van der Waals surface area (Å²) >= 11 is 0. The first kappa shape index (κ1) is 17.1. The number of carboxylic acid groups (broad SMARTS) is 1. The monoisotopic (exact) mass is 368 g/mol. The second kappa shape index (κ2) is 7.14. The van der Waals surface area contributed by atoms with Crippen LogP contribution in [0.1, 0.15) is 12.8 Å². The molecule has 2 aromatic heterocycles. The van der Waals surface area contributed by atoms with Crippen LogP contribution in [0.15, 0.2) is 47.1 Å². The molecular weight excluding hydrogens is 351 g/mol. The molecule has 1 N–H and O–H groups in total. The normalized spacial score (nSPS) is 17.1. The Kier molecular flexibility index (Phi) is 4.53. The fourth-order valence-corrected chi connectivity index (χ4v) is 3.17. The molecule has 4 rings (SSSR count). The van der Waals surface area contributed by atoms with Gasteiger partial charge < -0.3 is 14.5 Å². The first-order valence-electron chi connectivity index (χ1n) is 8.64. The number of carboxylic acids is 1. The molecular formula is C19H17FN4O3. The van der Waals surface area contributed by atoms with Gasteiger partial charge in [-0.25, -0.2) is 9.37 Å². The van der Waals surface area contributed by atoms with Gasteiger partial charge in [-0.2, -0.15) is 4.98 Å². The van der Waals surface area contributed by atoms with Gasteiger partial charge in [-0.05, 0) is 49.2 Å². The molecule has 0 radical (unpaired) electrons. The van der Waals surface area contributed by atoms with Gasteiger partial charge in [-0.15, -0.1) is 0 Å². The lowest BCUT2D eigenvalue weighted by Gasteiger charge is -2.31. The second-order valence-corrected chi connectivity index (χ2v) is 6.46. The average molecular weight is 368 g/mol. The van der Waals surface area contributed by atoms with Gasteiger partial charge in [0.2, 0.25) is 5.82 Å². The topological polar surface area (TPSA) is 92.3 Å². The van der Waals surface area contributed by atoms with Crippen molar-refractivity contribution < 1.29 is 18.8 Å². The van der Waals surface area contributed by atoms with E-state index in [-0.39, 0.29) is 5.82 Å². The third-order valence-corrected chi connectivity index (χ3v) is 4.62. The first-order valence-corrected chi connectivity index (χ1v) is 8.64. The Hall–Kier alpha value is -3.29. The summed E-state index contributed by atoms with van der Waals surface area (Å²) in [6, 6.07) is 9.41. The highest BCUT2D eigenvalue weighted by Gasteiger charge is 2.26. The molecule has 3 heterocycles. The zero-order chi connectivity index (χ0) is 18.8. The number of hydrogen-bond acceptors (Lipinski definition) is 6. The number of aromatic nitrogens is 3. The number of halogens is 1. The molecule has 0 aliphatic carbocycles. The van der Waals surface area contributed by atoms with Crippen LogP contribution < -0.4 is 4.90 Å². The lowest BCUT2D eigenvalue weighted by Crippen LogP contribution is -2.39. The minimum atomic E-state index is -0.781. The van der Waals surface area contributed by atoms with E-state index in [4.69, 9.17) is 4.52 Å². The molecule has 1 atom stereocenters. The summed E-state index contributed by atoms with van der Waals surface area (Å²) < 4.78 is 18.4. The van der Waals surface area contributed by atoms with E-state index in [0.717, 1.165) is 13.0 Å². The van der Waals surface area contributed by atoms with E-state index < -0.39 is 11.9 Å². The van der Waals surface area contributed by atoms with Crippen molar-refractivity contribution in [3.63, 3.8) is 0 Å². The average Bonchev–Trinajstić information content (AvgIpc) is 3.19. The Labute approximate surface area is 154 Å². The van der Waals surface area contributed by atoms with E-state index in [2.05, 4.69) is 15.1 Å². The number of hydrogen-bond donors (Lipinski definition) is 1. The van der Waals surface area contributed by atoms with Crippen LogP contribution in [-0.2, 0) is 4.79 Å². The summed E-state index contributed by atoms with van der Waals surface area (Å²) in [5.41, 5.74) is 1.35. The molecule has 27 heavy (non-hydrogen) atoms. The standard InChI is InChI=1S/C19H17FN4O3/c20-15-5-3-12(4-6-15)17-22-18(27-23-17)13-7-8-21-16(10-13)24-9-1-2-14(11-24)19(25)26/h3-8,10,14H,1-2,9,11H2,(H,25,26). The van der Waals surface area contributed by atoms with Crippen LogP contribution in [0.4, 0.5) is 10.2 Å². The van der Waals surface area contributed by atoms with Crippen molar-refractivity contribution in [2.24, 2.45) is 5.92 Å². The van der Waals surface area contributed by atoms with Gasteiger partial charge in [0.15, 0.2) is 0 Å². The molecule has 1 aromatic carbocycles. The molecule has 138 valence electrons. The smallest absolute Gasteiger partial charge is 0.308 e. The Morgan fingerprint density at radius 3 is 2.81 bits per heavy atom. The number of nitrogens with zero attached hydrogens (tertiary/aromatic N) is 4. The quantitative estimate of drug-likeness (QED) is 0.756. The molecule has 1 aliphatic rings. The molecule has 7 nitrogen and oxygen atoms in total. The summed E-state index contributed by atoms with van der Waals surface area (Å²) in [4.78, 5) is 22.0. The van der Waals surface area contributed by atoms with Crippen molar-refractivity contribution in [3.8, 4) is 22.8 Å². The van der Waals surface area contributed by atoms with Gasteiger partial charge in [0.25, 0.3) is 5.89 Å². The van der Waals surface area contributed by atoms with Gasteiger partial charge >= 0.3 is 5.97 Å². The molecule has 0 spiro atoms. The van der Waals surface area contributed by atoms with E-state index in [1.54, 1.807) is 24.4 Å². The minimum absolute atomic E-state index is 0.324. The Bertz CT molecular complexity index is 958. The van der Waals surface area contributed by atoms with Crippen molar-refractivity contribution in [1.29, 1.82) is 0 Å². The fraction of sp³-hybridized carbons (Fsp3) is 0.263. The molecule has 0 amide bonds. The van der Waals surface area contributed by atoms with E-state index >= 15 is 0 Å². The van der Waals surface area contributed by atoms with Crippen molar-refractivity contribution in [1.82, 2.24) is 15.1 Å². The molecule has 1 unspecified atom stereocenters. The zero-order valence-corrected chi connectivity index (χ0v) is 14.4. The first-order chi connectivity index (χ1) is 13.1. The highest BCUT2D eigenvalue weighted by molar-refractivity contribution is 5.71. The molecule has 3 aromatic rings. The third kappa shape index (κ3) is 3.64. The Morgan fingerprint density at radius 2 is 2.04 bits per heavy atom. The van der Waals surface area contributed by atoms with Crippen LogP contribution in [0.3, 0.4) is 0 Å².